The molecule has 0 radical (unpaired) electrons. The zero-order valence-electron chi connectivity index (χ0n) is 11.2. The van der Waals surface area contributed by atoms with Crippen molar-refractivity contribution < 1.29 is 13.3 Å². The van der Waals surface area contributed by atoms with Crippen molar-refractivity contribution in [2.75, 3.05) is 13.6 Å². The quantitative estimate of drug-likeness (QED) is 0.597. The molecule has 2 rings (SSSR count). The standard InChI is InChI=1S/C12H13N3O4S2/c1-14(7-5-12-13-6-8-20-12)21(18,19)11-4-2-3-10(9-11)15(16)17/h2-4,6,8-9H,5,7H2,1H3. The molecule has 0 fully saturated rings. The molecule has 1 aromatic carbocycles. The monoisotopic (exact) mass is 327 g/mol. The molecular formula is C12H13N3O4S2. The first-order valence-corrected chi connectivity index (χ1v) is 8.32. The maximum atomic E-state index is 12.4. The van der Waals surface area contributed by atoms with Crippen molar-refractivity contribution in [2.45, 2.75) is 11.3 Å². The third-order valence-corrected chi connectivity index (χ3v) is 5.55. The number of benzene rings is 1. The molecule has 0 aliphatic rings. The van der Waals surface area contributed by atoms with E-state index in [1.807, 2.05) is 5.38 Å². The first kappa shape index (κ1) is 15.5. The Kier molecular flexibility index (Phi) is 4.66. The minimum absolute atomic E-state index is 0.0849. The van der Waals surface area contributed by atoms with Gasteiger partial charge in [-0.15, -0.1) is 11.3 Å². The van der Waals surface area contributed by atoms with E-state index in [4.69, 9.17) is 0 Å². The van der Waals surface area contributed by atoms with Crippen LogP contribution >= 0.6 is 11.3 Å². The summed E-state index contributed by atoms with van der Waals surface area (Å²) in [5.41, 5.74) is -0.246. The number of thiazole rings is 1. The first-order chi connectivity index (χ1) is 9.91. The molecule has 0 unspecified atom stereocenters. The van der Waals surface area contributed by atoms with Crippen LogP contribution in [0.25, 0.3) is 0 Å². The Morgan fingerprint density at radius 1 is 1.43 bits per heavy atom. The lowest BCUT2D eigenvalue weighted by Gasteiger charge is -2.16. The normalized spacial score (nSPS) is 11.7. The Labute approximate surface area is 126 Å². The van der Waals surface area contributed by atoms with E-state index in [9.17, 15) is 18.5 Å². The molecule has 0 N–H and O–H groups in total. The maximum absolute atomic E-state index is 12.4. The molecule has 0 aliphatic heterocycles. The Morgan fingerprint density at radius 2 is 2.19 bits per heavy atom. The summed E-state index contributed by atoms with van der Waals surface area (Å²) in [6, 6.07) is 5.03. The van der Waals surface area contributed by atoms with Crippen LogP contribution in [0.3, 0.4) is 0 Å². The number of sulfonamides is 1. The minimum Gasteiger partial charge on any atom is -0.258 e. The average Bonchev–Trinajstić information content (AvgIpc) is 2.98. The van der Waals surface area contributed by atoms with Crippen LogP contribution in [0, 0.1) is 10.1 Å². The third kappa shape index (κ3) is 3.63. The highest BCUT2D eigenvalue weighted by Gasteiger charge is 2.22. The number of nitro groups is 1. The van der Waals surface area contributed by atoms with E-state index in [1.165, 1.54) is 40.9 Å². The Balaban J connectivity index is 2.16. The van der Waals surface area contributed by atoms with Gasteiger partial charge in [0.2, 0.25) is 10.0 Å². The number of likely N-dealkylation sites (N-methyl/N-ethyl adjacent to an activating group) is 1. The van der Waals surface area contributed by atoms with Gasteiger partial charge in [-0.3, -0.25) is 10.1 Å². The van der Waals surface area contributed by atoms with E-state index in [0.29, 0.717) is 6.42 Å². The zero-order valence-corrected chi connectivity index (χ0v) is 12.8. The van der Waals surface area contributed by atoms with E-state index < -0.39 is 14.9 Å². The summed E-state index contributed by atoms with van der Waals surface area (Å²) in [4.78, 5) is 14.1. The fourth-order valence-corrected chi connectivity index (χ4v) is 3.51. The SMILES string of the molecule is CN(CCc1nccs1)S(=O)(=O)c1cccc([N+](=O)[O-])c1. The van der Waals surface area contributed by atoms with Gasteiger partial charge in [0.05, 0.1) is 14.8 Å². The zero-order chi connectivity index (χ0) is 15.5. The summed E-state index contributed by atoms with van der Waals surface area (Å²) in [7, 11) is -2.30. The van der Waals surface area contributed by atoms with E-state index in [0.717, 1.165) is 11.1 Å². The fourth-order valence-electron chi connectivity index (χ4n) is 1.69. The van der Waals surface area contributed by atoms with Crippen LogP contribution in [0.2, 0.25) is 0 Å². The molecule has 0 amide bonds. The van der Waals surface area contributed by atoms with Crippen molar-refractivity contribution in [3.05, 3.63) is 51.0 Å². The van der Waals surface area contributed by atoms with Gasteiger partial charge in [0, 0.05) is 43.7 Å². The average molecular weight is 327 g/mol. The van der Waals surface area contributed by atoms with E-state index in [1.54, 1.807) is 6.20 Å². The number of hydrogen-bond donors (Lipinski definition) is 0. The molecule has 21 heavy (non-hydrogen) atoms. The summed E-state index contributed by atoms with van der Waals surface area (Å²) >= 11 is 1.46. The van der Waals surface area contributed by atoms with Gasteiger partial charge in [0.1, 0.15) is 0 Å². The first-order valence-electron chi connectivity index (χ1n) is 6.00. The van der Waals surface area contributed by atoms with E-state index in [2.05, 4.69) is 4.98 Å². The van der Waals surface area contributed by atoms with Crippen LogP contribution in [-0.4, -0.2) is 36.2 Å². The molecule has 0 atom stereocenters. The van der Waals surface area contributed by atoms with Crippen molar-refractivity contribution in [3.8, 4) is 0 Å². The molecule has 112 valence electrons. The molecule has 1 aromatic heterocycles. The van der Waals surface area contributed by atoms with Crippen molar-refractivity contribution in [2.24, 2.45) is 0 Å². The number of aromatic nitrogens is 1. The highest BCUT2D eigenvalue weighted by Crippen LogP contribution is 2.20. The Hall–Kier alpha value is -1.84. The summed E-state index contributed by atoms with van der Waals surface area (Å²) < 4.78 is 25.9. The third-order valence-electron chi connectivity index (χ3n) is 2.86. The van der Waals surface area contributed by atoms with Crippen LogP contribution in [0.1, 0.15) is 5.01 Å². The van der Waals surface area contributed by atoms with Gasteiger partial charge < -0.3 is 0 Å². The Bertz CT molecular complexity index is 729. The number of nitrogens with zero attached hydrogens (tertiary/aromatic N) is 3. The van der Waals surface area contributed by atoms with Crippen molar-refractivity contribution in [1.82, 2.24) is 9.29 Å². The second kappa shape index (κ2) is 6.29. The number of hydrogen-bond acceptors (Lipinski definition) is 6. The van der Waals surface area contributed by atoms with Crippen LogP contribution in [0.5, 0.6) is 0 Å². The molecular weight excluding hydrogens is 314 g/mol. The van der Waals surface area contributed by atoms with Crippen LogP contribution in [0.15, 0.2) is 40.7 Å². The fraction of sp³-hybridized carbons (Fsp3) is 0.250. The molecule has 0 spiro atoms. The van der Waals surface area contributed by atoms with Crippen LogP contribution in [0.4, 0.5) is 5.69 Å². The minimum atomic E-state index is -3.74. The van der Waals surface area contributed by atoms with Crippen molar-refractivity contribution in [3.63, 3.8) is 0 Å². The van der Waals surface area contributed by atoms with Gasteiger partial charge in [0.15, 0.2) is 0 Å². The van der Waals surface area contributed by atoms with Gasteiger partial charge in [0.25, 0.3) is 5.69 Å². The molecule has 7 nitrogen and oxygen atoms in total. The van der Waals surface area contributed by atoms with Crippen molar-refractivity contribution in [1.29, 1.82) is 0 Å². The smallest absolute Gasteiger partial charge is 0.258 e. The van der Waals surface area contributed by atoms with Gasteiger partial charge in [-0.1, -0.05) is 6.07 Å². The second-order valence-corrected chi connectivity index (χ2v) is 7.28. The number of non-ortho nitro benzene ring substituents is 1. The molecule has 0 bridgehead atoms. The summed E-state index contributed by atoms with van der Waals surface area (Å²) in [5, 5.41) is 13.4. The number of rotatable bonds is 6. The summed E-state index contributed by atoms with van der Waals surface area (Å²) in [6.07, 6.45) is 2.16. The van der Waals surface area contributed by atoms with Gasteiger partial charge in [-0.05, 0) is 6.07 Å². The van der Waals surface area contributed by atoms with Gasteiger partial charge in [-0.25, -0.2) is 17.7 Å². The van der Waals surface area contributed by atoms with Crippen LogP contribution < -0.4 is 0 Å². The molecule has 9 heteroatoms. The highest BCUT2D eigenvalue weighted by atomic mass is 32.2. The molecule has 0 saturated heterocycles. The largest absolute Gasteiger partial charge is 0.270 e. The van der Waals surface area contributed by atoms with Crippen molar-refractivity contribution >= 4 is 27.0 Å². The topological polar surface area (TPSA) is 93.4 Å². The van der Waals surface area contributed by atoms with Gasteiger partial charge in [-0.2, -0.15) is 0 Å². The Morgan fingerprint density at radius 3 is 2.81 bits per heavy atom. The predicted molar refractivity (Wildman–Crippen MR) is 78.7 cm³/mol. The molecule has 2 aromatic rings. The summed E-state index contributed by atoms with van der Waals surface area (Å²) in [6.45, 7) is 0.262. The number of nitro benzene ring substituents is 1. The van der Waals surface area contributed by atoms with E-state index in [-0.39, 0.29) is 17.1 Å². The maximum Gasteiger partial charge on any atom is 0.270 e. The highest BCUT2D eigenvalue weighted by molar-refractivity contribution is 7.89. The predicted octanol–water partition coefficient (Wildman–Crippen LogP) is 1.91. The second-order valence-electron chi connectivity index (χ2n) is 4.26. The molecule has 1 heterocycles. The summed E-state index contributed by atoms with van der Waals surface area (Å²) in [5.74, 6) is 0. The van der Waals surface area contributed by atoms with Crippen LogP contribution in [-0.2, 0) is 16.4 Å². The lowest BCUT2D eigenvalue weighted by Crippen LogP contribution is -2.29. The van der Waals surface area contributed by atoms with Gasteiger partial charge >= 0.3 is 0 Å². The lowest BCUT2D eigenvalue weighted by atomic mass is 10.3. The lowest BCUT2D eigenvalue weighted by molar-refractivity contribution is -0.385. The molecule has 0 aliphatic carbocycles. The van der Waals surface area contributed by atoms with E-state index >= 15 is 0 Å². The molecule has 0 saturated carbocycles.